The maximum absolute atomic E-state index is 13.0. The number of aromatic nitrogens is 4. The molecule has 162 valence electrons. The minimum Gasteiger partial charge on any atom is -0.452 e. The summed E-state index contributed by atoms with van der Waals surface area (Å²) in [6.07, 6.45) is 2.88. The van der Waals surface area contributed by atoms with Crippen LogP contribution in [0.1, 0.15) is 35.9 Å². The Hall–Kier alpha value is -2.94. The molecule has 4 rings (SSSR count). The van der Waals surface area contributed by atoms with Crippen LogP contribution >= 0.6 is 11.8 Å². The number of hydrogen-bond acceptors (Lipinski definition) is 7. The van der Waals surface area contributed by atoms with Gasteiger partial charge in [-0.15, -0.1) is 5.10 Å². The van der Waals surface area contributed by atoms with Gasteiger partial charge in [-0.2, -0.15) is 4.98 Å². The third-order valence-corrected chi connectivity index (χ3v) is 6.10. The van der Waals surface area contributed by atoms with Gasteiger partial charge in [0.25, 0.3) is 11.7 Å². The standard InChI is InChI=1S/C22H25N5O3S/c1-13-17(14(2)27-21(23-13)24-22(25-27)31-4)12-19(28)30-15(3)20(29)26-11-7-9-16-8-5-6-10-18(16)26/h5-6,8,10,15H,7,9,11-12H2,1-4H3/t15-/m0/s1. The number of esters is 1. The minimum atomic E-state index is -0.870. The van der Waals surface area contributed by atoms with Gasteiger partial charge in [-0.25, -0.2) is 9.50 Å². The zero-order valence-corrected chi connectivity index (χ0v) is 18.9. The molecule has 31 heavy (non-hydrogen) atoms. The number of benzene rings is 1. The number of ether oxygens (including phenoxy) is 1. The fourth-order valence-electron chi connectivity index (χ4n) is 3.95. The van der Waals surface area contributed by atoms with Crippen LogP contribution < -0.4 is 4.90 Å². The molecule has 0 bridgehead atoms. The van der Waals surface area contributed by atoms with Gasteiger partial charge in [0.2, 0.25) is 5.16 Å². The molecule has 0 radical (unpaired) electrons. The minimum absolute atomic E-state index is 0.0171. The first-order valence-corrected chi connectivity index (χ1v) is 11.5. The summed E-state index contributed by atoms with van der Waals surface area (Å²) in [4.78, 5) is 36.2. The van der Waals surface area contributed by atoms with E-state index in [2.05, 4.69) is 15.1 Å². The van der Waals surface area contributed by atoms with Gasteiger partial charge in [-0.1, -0.05) is 30.0 Å². The van der Waals surface area contributed by atoms with E-state index in [-0.39, 0.29) is 12.3 Å². The molecule has 0 spiro atoms. The molecule has 1 atom stereocenters. The Kier molecular flexibility index (Phi) is 5.95. The number of para-hydroxylation sites is 1. The summed E-state index contributed by atoms with van der Waals surface area (Å²) in [5.74, 6) is -0.170. The molecule has 0 N–H and O–H groups in total. The van der Waals surface area contributed by atoms with Crippen molar-refractivity contribution in [1.29, 1.82) is 0 Å². The number of hydrogen-bond donors (Lipinski definition) is 0. The van der Waals surface area contributed by atoms with Gasteiger partial charge in [0.1, 0.15) is 0 Å². The predicted molar refractivity (Wildman–Crippen MR) is 118 cm³/mol. The number of fused-ring (bicyclic) bond motifs is 2. The lowest BCUT2D eigenvalue weighted by Gasteiger charge is -2.31. The molecule has 3 heterocycles. The zero-order valence-electron chi connectivity index (χ0n) is 18.1. The third kappa shape index (κ3) is 4.14. The largest absolute Gasteiger partial charge is 0.452 e. The van der Waals surface area contributed by atoms with E-state index in [9.17, 15) is 9.59 Å². The van der Waals surface area contributed by atoms with Crippen molar-refractivity contribution in [2.24, 2.45) is 0 Å². The van der Waals surface area contributed by atoms with E-state index in [4.69, 9.17) is 4.74 Å². The highest BCUT2D eigenvalue weighted by molar-refractivity contribution is 7.98. The Bertz CT molecular complexity index is 1160. The lowest BCUT2D eigenvalue weighted by atomic mass is 10.0. The quantitative estimate of drug-likeness (QED) is 0.446. The van der Waals surface area contributed by atoms with Crippen LogP contribution in [0.2, 0.25) is 0 Å². The first-order chi connectivity index (χ1) is 14.9. The molecule has 2 aromatic heterocycles. The topological polar surface area (TPSA) is 89.7 Å². The average molecular weight is 440 g/mol. The summed E-state index contributed by atoms with van der Waals surface area (Å²) in [5.41, 5.74) is 4.27. The Labute approximate surface area is 185 Å². The van der Waals surface area contributed by atoms with E-state index in [1.807, 2.05) is 44.4 Å². The Morgan fingerprint density at radius 1 is 1.23 bits per heavy atom. The molecule has 3 aromatic rings. The average Bonchev–Trinajstić information content (AvgIpc) is 3.19. The van der Waals surface area contributed by atoms with E-state index in [0.717, 1.165) is 35.3 Å². The van der Waals surface area contributed by atoms with E-state index in [0.29, 0.717) is 23.2 Å². The SMILES string of the molecule is CSc1nc2nc(C)c(CC(=O)O[C@@H](C)C(=O)N3CCCc4ccccc43)c(C)n2n1. The molecule has 0 saturated heterocycles. The highest BCUT2D eigenvalue weighted by Crippen LogP contribution is 2.27. The lowest BCUT2D eigenvalue weighted by molar-refractivity contribution is -0.153. The number of nitrogens with zero attached hydrogens (tertiary/aromatic N) is 5. The molecule has 1 aliphatic heterocycles. The normalized spacial score (nSPS) is 14.4. The van der Waals surface area contributed by atoms with E-state index >= 15 is 0 Å². The number of carbonyl (C=O) groups excluding carboxylic acids is 2. The van der Waals surface area contributed by atoms with E-state index in [1.165, 1.54) is 11.8 Å². The van der Waals surface area contributed by atoms with Crippen molar-refractivity contribution >= 4 is 35.1 Å². The van der Waals surface area contributed by atoms with Crippen LogP contribution in [0.4, 0.5) is 5.69 Å². The molecule has 0 aliphatic carbocycles. The first-order valence-electron chi connectivity index (χ1n) is 10.2. The van der Waals surface area contributed by atoms with Gasteiger partial charge >= 0.3 is 5.97 Å². The van der Waals surface area contributed by atoms with Crippen LogP contribution in [-0.4, -0.2) is 50.4 Å². The fourth-order valence-corrected chi connectivity index (χ4v) is 4.28. The molecule has 0 unspecified atom stereocenters. The second-order valence-electron chi connectivity index (χ2n) is 7.60. The van der Waals surface area contributed by atoms with Crippen molar-refractivity contribution in [3.8, 4) is 0 Å². The Morgan fingerprint density at radius 2 is 2.00 bits per heavy atom. The molecule has 1 aromatic carbocycles. The molecule has 9 heteroatoms. The van der Waals surface area contributed by atoms with Crippen LogP contribution in [-0.2, 0) is 27.2 Å². The molecule has 0 fully saturated rings. The number of carbonyl (C=O) groups is 2. The number of anilines is 1. The van der Waals surface area contributed by atoms with Gasteiger partial charge in [0.15, 0.2) is 6.10 Å². The lowest BCUT2D eigenvalue weighted by Crippen LogP contribution is -2.43. The maximum Gasteiger partial charge on any atom is 0.311 e. The van der Waals surface area contributed by atoms with Crippen molar-refractivity contribution in [3.05, 3.63) is 46.8 Å². The molecular weight excluding hydrogens is 414 g/mol. The van der Waals surface area contributed by atoms with E-state index in [1.54, 1.807) is 16.3 Å². The van der Waals surface area contributed by atoms with Crippen molar-refractivity contribution in [1.82, 2.24) is 19.6 Å². The fraction of sp³-hybridized carbons (Fsp3) is 0.409. The van der Waals surface area contributed by atoms with Crippen LogP contribution in [0.3, 0.4) is 0 Å². The number of rotatable bonds is 5. The Morgan fingerprint density at radius 3 is 2.77 bits per heavy atom. The van der Waals surface area contributed by atoms with Crippen molar-refractivity contribution < 1.29 is 14.3 Å². The van der Waals surface area contributed by atoms with Crippen molar-refractivity contribution in [2.75, 3.05) is 17.7 Å². The summed E-state index contributed by atoms with van der Waals surface area (Å²) in [7, 11) is 0. The number of amides is 1. The smallest absolute Gasteiger partial charge is 0.311 e. The summed E-state index contributed by atoms with van der Waals surface area (Å²) in [6.45, 7) is 5.96. The van der Waals surface area contributed by atoms with Gasteiger partial charge in [-0.05, 0) is 51.5 Å². The summed E-state index contributed by atoms with van der Waals surface area (Å²) in [6, 6.07) is 7.87. The predicted octanol–water partition coefficient (Wildman–Crippen LogP) is 2.92. The number of aryl methyl sites for hydroxylation is 3. The molecule has 1 amide bonds. The monoisotopic (exact) mass is 439 g/mol. The Balaban J connectivity index is 1.48. The third-order valence-electron chi connectivity index (χ3n) is 5.57. The van der Waals surface area contributed by atoms with Crippen LogP contribution in [0.25, 0.3) is 5.78 Å². The van der Waals surface area contributed by atoms with Gasteiger partial charge in [0.05, 0.1) is 6.42 Å². The second kappa shape index (κ2) is 8.66. The van der Waals surface area contributed by atoms with Gasteiger partial charge in [0, 0.05) is 29.2 Å². The molecule has 1 aliphatic rings. The summed E-state index contributed by atoms with van der Waals surface area (Å²) < 4.78 is 7.17. The second-order valence-corrected chi connectivity index (χ2v) is 8.38. The van der Waals surface area contributed by atoms with Crippen LogP contribution in [0.15, 0.2) is 29.4 Å². The highest BCUT2D eigenvalue weighted by Gasteiger charge is 2.28. The zero-order chi connectivity index (χ0) is 22.1. The van der Waals surface area contributed by atoms with Crippen LogP contribution in [0, 0.1) is 13.8 Å². The number of thioether (sulfide) groups is 1. The summed E-state index contributed by atoms with van der Waals surface area (Å²) in [5, 5.41) is 5.03. The molecule has 0 saturated carbocycles. The maximum atomic E-state index is 13.0. The van der Waals surface area contributed by atoms with E-state index < -0.39 is 12.1 Å². The molecule has 8 nitrogen and oxygen atoms in total. The first kappa shape index (κ1) is 21.3. The van der Waals surface area contributed by atoms with Gasteiger partial charge < -0.3 is 9.64 Å². The van der Waals surface area contributed by atoms with Gasteiger partial charge in [-0.3, -0.25) is 9.59 Å². The summed E-state index contributed by atoms with van der Waals surface area (Å²) >= 11 is 1.43. The van der Waals surface area contributed by atoms with Crippen LogP contribution in [0.5, 0.6) is 0 Å². The highest BCUT2D eigenvalue weighted by atomic mass is 32.2. The molecular formula is C22H25N5O3S. The van der Waals surface area contributed by atoms with Crippen molar-refractivity contribution in [2.45, 2.75) is 51.3 Å². The van der Waals surface area contributed by atoms with Crippen molar-refractivity contribution in [3.63, 3.8) is 0 Å².